The summed E-state index contributed by atoms with van der Waals surface area (Å²) in [7, 11) is 4.05. The molecule has 0 bridgehead atoms. The number of anilines is 5. The molecule has 3 heterocycles. The summed E-state index contributed by atoms with van der Waals surface area (Å²) < 4.78 is 3.40. The van der Waals surface area contributed by atoms with Crippen LogP contribution >= 0.6 is 0 Å². The summed E-state index contributed by atoms with van der Waals surface area (Å²) in [5.41, 5.74) is 2.45. The zero-order chi connectivity index (χ0) is 23.8. The molecule has 0 spiro atoms. The predicted octanol–water partition coefficient (Wildman–Crippen LogP) is 2.09. The van der Waals surface area contributed by atoms with Crippen LogP contribution < -0.4 is 39.7 Å². The van der Waals surface area contributed by atoms with Gasteiger partial charge in [0.05, 0.1) is 0 Å². The summed E-state index contributed by atoms with van der Waals surface area (Å²) in [5, 5.41) is 3.50. The maximum absolute atomic E-state index is 4.89. The van der Waals surface area contributed by atoms with Crippen LogP contribution in [0.4, 0.5) is 29.1 Å². The average Bonchev–Trinajstić information content (AvgIpc) is 2.88. The molecular weight excluding hydrogens is 537 g/mol. The molecule has 1 aromatic carbocycles. The number of nitrogens with one attached hydrogen (secondary N) is 1. The molecule has 1 N–H and O–H groups in total. The van der Waals surface area contributed by atoms with Gasteiger partial charge in [0, 0.05) is 0 Å². The first-order valence-corrected chi connectivity index (χ1v) is 14.6. The number of rotatable bonds is 10. The van der Waals surface area contributed by atoms with Crippen molar-refractivity contribution in [1.29, 1.82) is 0 Å². The SMILES string of the molecule is CCCCCCc1ccc(Nc2cc(N(C)C)nc(N3CCN(c4ccccn4)[I-]C3)n2)cc1. The Kier molecular flexibility index (Phi) is 8.79. The van der Waals surface area contributed by atoms with E-state index in [9.17, 15) is 0 Å². The Balaban J connectivity index is 1.42. The number of alkyl halides is 1. The molecule has 2 aromatic heterocycles. The van der Waals surface area contributed by atoms with Crippen molar-refractivity contribution in [2.24, 2.45) is 0 Å². The van der Waals surface area contributed by atoms with Crippen LogP contribution in [0.1, 0.15) is 38.2 Å². The Hall–Kier alpha value is -2.62. The minimum absolute atomic E-state index is 0.210. The summed E-state index contributed by atoms with van der Waals surface area (Å²) in [6.45, 7) is 4.09. The van der Waals surface area contributed by atoms with Gasteiger partial charge < -0.3 is 0 Å². The first-order chi connectivity index (χ1) is 16.6. The molecule has 4 rings (SSSR count). The fraction of sp³-hybridized carbons (Fsp3) is 0.423. The van der Waals surface area contributed by atoms with E-state index in [4.69, 9.17) is 9.97 Å². The first kappa shape index (κ1) is 24.5. The quantitative estimate of drug-likeness (QED) is 0.131. The van der Waals surface area contributed by atoms with Crippen LogP contribution in [0, 0.1) is 0 Å². The predicted molar refractivity (Wildman–Crippen MR) is 138 cm³/mol. The molecule has 182 valence electrons. The molecule has 0 atom stereocenters. The Labute approximate surface area is 214 Å². The van der Waals surface area contributed by atoms with Gasteiger partial charge >= 0.3 is 189 Å². The van der Waals surface area contributed by atoms with E-state index in [0.717, 1.165) is 53.2 Å². The van der Waals surface area contributed by atoms with Crippen molar-refractivity contribution in [3.05, 3.63) is 60.3 Å². The molecule has 0 saturated carbocycles. The maximum atomic E-state index is 4.89. The molecule has 1 aliphatic rings. The standard InChI is InChI=1S/C26H35IN7/c1-4-5-6-7-10-21-12-14-22(15-13-21)29-23-19-25(32(2)3)31-26(30-23)33-17-18-34(27-20-33)24-11-8-9-16-28-24/h8-9,11-16,19H,4-7,10,17-18,20H2,1-3H3,(H,29,30,31)/q-1. The van der Waals surface area contributed by atoms with Crippen molar-refractivity contribution in [2.45, 2.75) is 39.0 Å². The van der Waals surface area contributed by atoms with Gasteiger partial charge in [-0.15, -0.1) is 0 Å². The number of hydrogen-bond donors (Lipinski definition) is 1. The number of benzene rings is 1. The Morgan fingerprint density at radius 2 is 1.85 bits per heavy atom. The fourth-order valence-electron chi connectivity index (χ4n) is 3.80. The van der Waals surface area contributed by atoms with Crippen LogP contribution in [0.3, 0.4) is 0 Å². The zero-order valence-corrected chi connectivity index (χ0v) is 22.6. The summed E-state index contributed by atoms with van der Waals surface area (Å²) in [6.07, 6.45) is 8.19. The van der Waals surface area contributed by atoms with Crippen LogP contribution in [0.25, 0.3) is 0 Å². The van der Waals surface area contributed by atoms with Crippen LogP contribution in [0.5, 0.6) is 0 Å². The van der Waals surface area contributed by atoms with E-state index in [-0.39, 0.29) is 21.5 Å². The summed E-state index contributed by atoms with van der Waals surface area (Å²) >= 11 is -0.210. The van der Waals surface area contributed by atoms with Crippen LogP contribution in [0.15, 0.2) is 54.7 Å². The third-order valence-corrected chi connectivity index (χ3v) is 8.72. The molecule has 0 aliphatic carbocycles. The van der Waals surface area contributed by atoms with Gasteiger partial charge in [-0.05, 0) is 0 Å². The Morgan fingerprint density at radius 1 is 1.00 bits per heavy atom. The van der Waals surface area contributed by atoms with Gasteiger partial charge in [-0.25, -0.2) is 0 Å². The third-order valence-electron chi connectivity index (χ3n) is 5.79. The monoisotopic (exact) mass is 572 g/mol. The van der Waals surface area contributed by atoms with Crippen LogP contribution in [-0.2, 0) is 6.42 Å². The van der Waals surface area contributed by atoms with E-state index in [1.807, 2.05) is 37.3 Å². The van der Waals surface area contributed by atoms with Crippen LogP contribution in [-0.4, -0.2) is 46.7 Å². The van der Waals surface area contributed by atoms with E-state index in [1.165, 1.54) is 31.2 Å². The number of halogens is 1. The van der Waals surface area contributed by atoms with E-state index < -0.39 is 0 Å². The Morgan fingerprint density at radius 3 is 2.53 bits per heavy atom. The minimum atomic E-state index is -0.210. The topological polar surface area (TPSA) is 60.4 Å². The molecule has 1 aliphatic heterocycles. The van der Waals surface area contributed by atoms with Gasteiger partial charge in [-0.3, -0.25) is 0 Å². The number of hydrogen-bond acceptors (Lipinski definition) is 7. The van der Waals surface area contributed by atoms with Gasteiger partial charge in [0.15, 0.2) is 0 Å². The molecule has 34 heavy (non-hydrogen) atoms. The zero-order valence-electron chi connectivity index (χ0n) is 20.4. The van der Waals surface area contributed by atoms with Crippen molar-refractivity contribution in [3.63, 3.8) is 0 Å². The van der Waals surface area contributed by atoms with Crippen molar-refractivity contribution in [3.8, 4) is 0 Å². The fourth-order valence-corrected chi connectivity index (χ4v) is 6.37. The average molecular weight is 573 g/mol. The molecule has 8 heteroatoms. The van der Waals surface area contributed by atoms with Crippen molar-refractivity contribution < 1.29 is 21.5 Å². The van der Waals surface area contributed by atoms with Gasteiger partial charge in [-0.2, -0.15) is 0 Å². The number of aromatic nitrogens is 3. The van der Waals surface area contributed by atoms with Crippen LogP contribution in [0.2, 0.25) is 0 Å². The second-order valence-corrected chi connectivity index (χ2v) is 11.2. The van der Waals surface area contributed by atoms with Gasteiger partial charge in [0.2, 0.25) is 0 Å². The van der Waals surface area contributed by atoms with Crippen molar-refractivity contribution in [1.82, 2.24) is 15.0 Å². The molecule has 1 saturated heterocycles. The number of nitrogens with zero attached hydrogens (tertiary/aromatic N) is 6. The van der Waals surface area contributed by atoms with Gasteiger partial charge in [-0.1, -0.05) is 26.2 Å². The molecule has 0 unspecified atom stereocenters. The molecule has 7 nitrogen and oxygen atoms in total. The van der Waals surface area contributed by atoms with E-state index in [2.05, 4.69) is 61.6 Å². The van der Waals surface area contributed by atoms with Crippen molar-refractivity contribution >= 4 is 29.1 Å². The van der Waals surface area contributed by atoms with E-state index in [1.54, 1.807) is 0 Å². The van der Waals surface area contributed by atoms with E-state index >= 15 is 0 Å². The third kappa shape index (κ3) is 6.71. The molecule has 3 aromatic rings. The molecular formula is C26H35IN7-. The van der Waals surface area contributed by atoms with Gasteiger partial charge in [0.1, 0.15) is 0 Å². The summed E-state index contributed by atoms with van der Waals surface area (Å²) in [4.78, 5) is 18.6. The Bertz CT molecular complexity index is 1020. The normalized spacial score (nSPS) is 14.0. The first-order valence-electron chi connectivity index (χ1n) is 12.1. The van der Waals surface area contributed by atoms with Crippen molar-refractivity contribution in [2.75, 3.05) is 50.0 Å². The molecule has 0 radical (unpaired) electrons. The second-order valence-electron chi connectivity index (χ2n) is 8.71. The number of pyridine rings is 1. The molecule has 1 fully saturated rings. The van der Waals surface area contributed by atoms with Gasteiger partial charge in [0.25, 0.3) is 0 Å². The summed E-state index contributed by atoms with van der Waals surface area (Å²) in [6, 6.07) is 16.9. The second kappa shape index (κ2) is 12.2. The van der Waals surface area contributed by atoms with E-state index in [0.29, 0.717) is 0 Å². The summed E-state index contributed by atoms with van der Waals surface area (Å²) in [5.74, 6) is 3.61. The molecule has 0 amide bonds. The number of aryl methyl sites for hydroxylation is 1. The number of unbranched alkanes of at least 4 members (excludes halogenated alkanes) is 3.